The number of aromatic nitrogens is 2. The molecule has 1 atom stereocenters. The molecule has 0 unspecified atom stereocenters. The summed E-state index contributed by atoms with van der Waals surface area (Å²) in [6.45, 7) is 1.10. The fraction of sp³-hybridized carbons (Fsp3) is 0.412. The molecular formula is C17H22N4O2S. The van der Waals surface area contributed by atoms with Gasteiger partial charge in [0.2, 0.25) is 10.0 Å². The summed E-state index contributed by atoms with van der Waals surface area (Å²) in [4.78, 5) is 9.03. The molecule has 1 N–H and O–H groups in total. The Morgan fingerprint density at radius 1 is 1.21 bits per heavy atom. The topological polar surface area (TPSA) is 75.2 Å². The molecule has 7 heteroatoms. The molecule has 0 radical (unpaired) electrons. The summed E-state index contributed by atoms with van der Waals surface area (Å²) in [5.74, 6) is 1.02. The van der Waals surface area contributed by atoms with Gasteiger partial charge in [-0.05, 0) is 37.3 Å². The maximum Gasteiger partial charge on any atom is 0.243 e. The second-order valence-corrected chi connectivity index (χ2v) is 7.93. The van der Waals surface area contributed by atoms with E-state index in [0.29, 0.717) is 18.0 Å². The Morgan fingerprint density at radius 2 is 1.96 bits per heavy atom. The van der Waals surface area contributed by atoms with Gasteiger partial charge in [-0.3, -0.25) is 4.98 Å². The van der Waals surface area contributed by atoms with Crippen molar-refractivity contribution < 1.29 is 8.42 Å². The smallest absolute Gasteiger partial charge is 0.243 e. The average molecular weight is 346 g/mol. The van der Waals surface area contributed by atoms with Crippen molar-refractivity contribution in [2.24, 2.45) is 5.92 Å². The maximum atomic E-state index is 12.8. The lowest BCUT2D eigenvalue weighted by atomic mass is 9.94. The maximum absolute atomic E-state index is 12.8. The van der Waals surface area contributed by atoms with Gasteiger partial charge in [0.15, 0.2) is 0 Å². The summed E-state index contributed by atoms with van der Waals surface area (Å²) in [7, 11) is -1.60. The number of nitrogens with one attached hydrogen (secondary N) is 1. The number of rotatable bonds is 5. The van der Waals surface area contributed by atoms with Crippen LogP contribution in [0.5, 0.6) is 0 Å². The number of anilines is 1. The van der Waals surface area contributed by atoms with Gasteiger partial charge < -0.3 is 5.32 Å². The first-order chi connectivity index (χ1) is 11.6. The van der Waals surface area contributed by atoms with Crippen molar-refractivity contribution in [2.75, 3.05) is 25.5 Å². The number of nitrogens with zero attached hydrogens (tertiary/aromatic N) is 3. The Kier molecular flexibility index (Phi) is 5.11. The molecular weight excluding hydrogens is 324 g/mol. The van der Waals surface area contributed by atoms with Gasteiger partial charge in [-0.15, -0.1) is 0 Å². The van der Waals surface area contributed by atoms with Gasteiger partial charge >= 0.3 is 0 Å². The highest BCUT2D eigenvalue weighted by Gasteiger charge is 2.30. The predicted octanol–water partition coefficient (Wildman–Crippen LogP) is 2.16. The first kappa shape index (κ1) is 16.9. The average Bonchev–Trinajstić information content (AvgIpc) is 2.63. The number of sulfonamides is 1. The van der Waals surface area contributed by atoms with E-state index in [2.05, 4.69) is 15.3 Å². The van der Waals surface area contributed by atoms with Crippen molar-refractivity contribution in [1.82, 2.24) is 14.3 Å². The van der Waals surface area contributed by atoms with Crippen LogP contribution in [-0.2, 0) is 16.4 Å². The lowest BCUT2D eigenvalue weighted by molar-refractivity contribution is 0.264. The van der Waals surface area contributed by atoms with Crippen molar-refractivity contribution in [2.45, 2.75) is 24.2 Å². The molecule has 24 heavy (non-hydrogen) atoms. The van der Waals surface area contributed by atoms with Gasteiger partial charge in [0.1, 0.15) is 5.82 Å². The molecule has 128 valence electrons. The molecule has 0 spiro atoms. The summed E-state index contributed by atoms with van der Waals surface area (Å²) < 4.78 is 27.2. The molecule has 1 aliphatic heterocycles. The second-order valence-electron chi connectivity index (χ2n) is 5.99. The third-order valence-corrected chi connectivity index (χ3v) is 6.23. The molecule has 0 bridgehead atoms. The lowest BCUT2D eigenvalue weighted by Gasteiger charge is -2.32. The standard InChI is InChI=1S/C17H22N4O2S/c1-18-17-16(19-9-10-20-17)12-14-6-5-11-21(13-14)24(22,23)15-7-3-2-4-8-15/h2-4,7-10,14H,5-6,11-13H2,1H3,(H,18,20)/t14-/m1/s1. The molecule has 1 saturated heterocycles. The molecule has 1 aliphatic rings. The number of hydrogen-bond acceptors (Lipinski definition) is 5. The minimum atomic E-state index is -3.42. The molecule has 2 heterocycles. The van der Waals surface area contributed by atoms with E-state index in [1.54, 1.807) is 41.0 Å². The van der Waals surface area contributed by atoms with Crippen LogP contribution in [-0.4, -0.2) is 42.8 Å². The van der Waals surface area contributed by atoms with E-state index >= 15 is 0 Å². The van der Waals surface area contributed by atoms with Crippen molar-refractivity contribution in [3.63, 3.8) is 0 Å². The molecule has 1 aromatic heterocycles. The lowest BCUT2D eigenvalue weighted by Crippen LogP contribution is -2.40. The molecule has 0 amide bonds. The van der Waals surface area contributed by atoms with Gasteiger partial charge in [-0.1, -0.05) is 18.2 Å². The van der Waals surface area contributed by atoms with Crippen molar-refractivity contribution in [3.05, 3.63) is 48.4 Å². The van der Waals surface area contributed by atoms with Crippen LogP contribution in [0, 0.1) is 5.92 Å². The summed E-state index contributed by atoms with van der Waals surface area (Å²) >= 11 is 0. The Morgan fingerprint density at radius 3 is 2.71 bits per heavy atom. The zero-order chi connectivity index (χ0) is 17.0. The number of benzene rings is 1. The van der Waals surface area contributed by atoms with Gasteiger partial charge in [-0.2, -0.15) is 4.31 Å². The highest BCUT2D eigenvalue weighted by Crippen LogP contribution is 2.26. The van der Waals surface area contributed by atoms with E-state index in [1.165, 1.54) is 0 Å². The quantitative estimate of drug-likeness (QED) is 0.898. The zero-order valence-corrected chi connectivity index (χ0v) is 14.5. The largest absolute Gasteiger partial charge is 0.372 e. The van der Waals surface area contributed by atoms with E-state index in [9.17, 15) is 8.42 Å². The molecule has 2 aromatic rings. The Balaban J connectivity index is 1.75. The third kappa shape index (κ3) is 3.57. The van der Waals surface area contributed by atoms with E-state index in [4.69, 9.17) is 0 Å². The van der Waals surface area contributed by atoms with Gasteiger partial charge in [0.25, 0.3) is 0 Å². The highest BCUT2D eigenvalue weighted by molar-refractivity contribution is 7.89. The van der Waals surface area contributed by atoms with Crippen LogP contribution >= 0.6 is 0 Å². The van der Waals surface area contributed by atoms with Crippen LogP contribution < -0.4 is 5.32 Å². The van der Waals surface area contributed by atoms with E-state index in [0.717, 1.165) is 30.8 Å². The molecule has 1 aromatic carbocycles. The summed E-state index contributed by atoms with van der Waals surface area (Å²) in [6.07, 6.45) is 5.93. The van der Waals surface area contributed by atoms with Crippen molar-refractivity contribution >= 4 is 15.8 Å². The summed E-state index contributed by atoms with van der Waals surface area (Å²) in [5, 5.41) is 3.05. The van der Waals surface area contributed by atoms with Crippen molar-refractivity contribution in [3.8, 4) is 0 Å². The van der Waals surface area contributed by atoms with Crippen LogP contribution in [0.25, 0.3) is 0 Å². The highest BCUT2D eigenvalue weighted by atomic mass is 32.2. The molecule has 0 saturated carbocycles. The first-order valence-electron chi connectivity index (χ1n) is 8.14. The zero-order valence-electron chi connectivity index (χ0n) is 13.7. The molecule has 0 aliphatic carbocycles. The second kappa shape index (κ2) is 7.27. The molecule has 6 nitrogen and oxygen atoms in total. The van der Waals surface area contributed by atoms with Gasteiger partial charge in [0.05, 0.1) is 10.6 Å². The molecule has 3 rings (SSSR count). The SMILES string of the molecule is CNc1nccnc1C[C@H]1CCCN(S(=O)(=O)c2ccccc2)C1. The Bertz CT molecular complexity index is 780. The van der Waals surface area contributed by atoms with E-state index in [1.807, 2.05) is 13.1 Å². The van der Waals surface area contributed by atoms with Crippen LogP contribution in [0.15, 0.2) is 47.6 Å². The summed E-state index contributed by atoms with van der Waals surface area (Å²) in [6, 6.07) is 8.65. The first-order valence-corrected chi connectivity index (χ1v) is 9.58. The van der Waals surface area contributed by atoms with Crippen molar-refractivity contribution in [1.29, 1.82) is 0 Å². The fourth-order valence-corrected chi connectivity index (χ4v) is 4.73. The normalized spacial score (nSPS) is 19.1. The van der Waals surface area contributed by atoms with Gasteiger partial charge in [0, 0.05) is 32.5 Å². The fourth-order valence-electron chi connectivity index (χ4n) is 3.15. The Labute approximate surface area is 143 Å². The monoisotopic (exact) mass is 346 g/mol. The van der Waals surface area contributed by atoms with E-state index in [-0.39, 0.29) is 5.92 Å². The Hall–Kier alpha value is -1.99. The van der Waals surface area contributed by atoms with Crippen LogP contribution in [0.1, 0.15) is 18.5 Å². The minimum Gasteiger partial charge on any atom is -0.372 e. The number of hydrogen-bond donors (Lipinski definition) is 1. The summed E-state index contributed by atoms with van der Waals surface area (Å²) in [5.41, 5.74) is 0.893. The van der Waals surface area contributed by atoms with Crippen LogP contribution in [0.3, 0.4) is 0 Å². The predicted molar refractivity (Wildman–Crippen MR) is 93.2 cm³/mol. The molecule has 1 fully saturated rings. The minimum absolute atomic E-state index is 0.251. The van der Waals surface area contributed by atoms with E-state index < -0.39 is 10.0 Å². The van der Waals surface area contributed by atoms with Gasteiger partial charge in [-0.25, -0.2) is 13.4 Å². The van der Waals surface area contributed by atoms with Crippen LogP contribution in [0.4, 0.5) is 5.82 Å². The number of piperidine rings is 1. The van der Waals surface area contributed by atoms with Crippen LogP contribution in [0.2, 0.25) is 0 Å². The third-order valence-electron chi connectivity index (χ3n) is 4.36.